The maximum atomic E-state index is 9.38. The van der Waals surface area contributed by atoms with E-state index < -0.39 is 0 Å². The molecule has 0 saturated carbocycles. The van der Waals surface area contributed by atoms with Gasteiger partial charge in [0, 0.05) is 17.1 Å². The summed E-state index contributed by atoms with van der Waals surface area (Å²) in [6.07, 6.45) is 1.76. The molecule has 0 amide bonds. The zero-order valence-corrected chi connectivity index (χ0v) is 15.3. The van der Waals surface area contributed by atoms with Crippen LogP contribution in [0.1, 0.15) is 5.69 Å². The molecule has 0 atom stereocenters. The fraction of sp³-hybridized carbons (Fsp3) is 0. The number of hydrogen-bond acceptors (Lipinski definition) is 7. The number of aromatic nitrogens is 4. The number of thiazole rings is 1. The van der Waals surface area contributed by atoms with Gasteiger partial charge in [0.15, 0.2) is 11.5 Å². The lowest BCUT2D eigenvalue weighted by molar-refractivity contribution is 1.18. The Morgan fingerprint density at radius 1 is 0.893 bits per heavy atom. The van der Waals surface area contributed by atoms with Gasteiger partial charge in [-0.2, -0.15) is 5.26 Å². The molecule has 2 aromatic carbocycles. The zero-order valence-electron chi connectivity index (χ0n) is 14.5. The first-order valence-electron chi connectivity index (χ1n) is 8.51. The van der Waals surface area contributed by atoms with Crippen LogP contribution in [0.15, 0.2) is 60.8 Å². The second-order valence-corrected chi connectivity index (χ2v) is 7.19. The van der Waals surface area contributed by atoms with Crippen LogP contribution >= 0.6 is 11.3 Å². The summed E-state index contributed by atoms with van der Waals surface area (Å²) >= 11 is 1.52. The monoisotopic (exact) mass is 380 g/mol. The molecule has 0 spiro atoms. The van der Waals surface area contributed by atoms with Crippen molar-refractivity contribution in [3.05, 3.63) is 66.5 Å². The molecule has 28 heavy (non-hydrogen) atoms. The highest BCUT2D eigenvalue weighted by molar-refractivity contribution is 7.21. The lowest BCUT2D eigenvalue weighted by Gasteiger charge is -2.09. The van der Waals surface area contributed by atoms with E-state index >= 15 is 0 Å². The summed E-state index contributed by atoms with van der Waals surface area (Å²) in [5, 5.41) is 11.1. The smallest absolute Gasteiger partial charge is 0.183 e. The third-order valence-electron chi connectivity index (χ3n) is 4.40. The topological polar surface area (TPSA) is 101 Å². The van der Waals surface area contributed by atoms with Crippen LogP contribution in [0.25, 0.3) is 43.1 Å². The van der Waals surface area contributed by atoms with Gasteiger partial charge in [-0.1, -0.05) is 24.3 Å². The van der Waals surface area contributed by atoms with Crippen LogP contribution in [0, 0.1) is 11.3 Å². The van der Waals surface area contributed by atoms with E-state index in [-0.39, 0.29) is 11.5 Å². The van der Waals surface area contributed by atoms with Crippen LogP contribution in [0.4, 0.5) is 5.82 Å². The molecule has 3 heterocycles. The van der Waals surface area contributed by atoms with Crippen molar-refractivity contribution in [2.75, 3.05) is 5.73 Å². The number of nitrogens with zero attached hydrogens (tertiary/aromatic N) is 5. The Morgan fingerprint density at radius 2 is 1.79 bits per heavy atom. The minimum absolute atomic E-state index is 0.1000. The summed E-state index contributed by atoms with van der Waals surface area (Å²) < 4.78 is 1.05. The van der Waals surface area contributed by atoms with E-state index in [1.54, 1.807) is 6.20 Å². The van der Waals surface area contributed by atoms with Gasteiger partial charge in [-0.15, -0.1) is 11.3 Å². The van der Waals surface area contributed by atoms with E-state index in [0.717, 1.165) is 26.7 Å². The second-order valence-electron chi connectivity index (χ2n) is 6.16. The van der Waals surface area contributed by atoms with Gasteiger partial charge in [-0.3, -0.25) is 4.98 Å². The molecule has 2 N–H and O–H groups in total. The maximum absolute atomic E-state index is 9.38. The number of rotatable bonds is 2. The van der Waals surface area contributed by atoms with Crippen LogP contribution in [0.5, 0.6) is 0 Å². The summed E-state index contributed by atoms with van der Waals surface area (Å²) in [5.74, 6) is 0.1000. The molecule has 0 saturated heterocycles. The molecule has 0 aliphatic rings. The van der Waals surface area contributed by atoms with E-state index in [9.17, 15) is 5.26 Å². The third-order valence-corrected chi connectivity index (χ3v) is 5.44. The first-order chi connectivity index (χ1) is 13.7. The zero-order chi connectivity index (χ0) is 19.1. The van der Waals surface area contributed by atoms with Crippen molar-refractivity contribution in [2.45, 2.75) is 0 Å². The number of nitrogen functional groups attached to an aromatic ring is 1. The summed E-state index contributed by atoms with van der Waals surface area (Å²) in [7, 11) is 0. The number of nitriles is 1. The molecule has 3 aromatic heterocycles. The maximum Gasteiger partial charge on any atom is 0.183 e. The van der Waals surface area contributed by atoms with Crippen molar-refractivity contribution in [1.29, 1.82) is 5.26 Å². The summed E-state index contributed by atoms with van der Waals surface area (Å²) in [5.41, 5.74) is 9.83. The molecule has 0 fully saturated rings. The molecule has 0 aliphatic carbocycles. The molecule has 6 nitrogen and oxygen atoms in total. The van der Waals surface area contributed by atoms with E-state index in [2.05, 4.69) is 15.0 Å². The van der Waals surface area contributed by atoms with E-state index in [4.69, 9.17) is 10.7 Å². The molecule has 0 aliphatic heterocycles. The minimum Gasteiger partial charge on any atom is -0.381 e. The van der Waals surface area contributed by atoms with Gasteiger partial charge in [0.1, 0.15) is 22.5 Å². The Bertz CT molecular complexity index is 1370. The quantitative estimate of drug-likeness (QED) is 0.486. The molecular weight excluding hydrogens is 368 g/mol. The van der Waals surface area contributed by atoms with Crippen molar-refractivity contribution in [3.63, 3.8) is 0 Å². The predicted molar refractivity (Wildman–Crippen MR) is 111 cm³/mol. The molecule has 0 bridgehead atoms. The number of pyridine rings is 1. The Balaban J connectivity index is 1.78. The van der Waals surface area contributed by atoms with Gasteiger partial charge >= 0.3 is 0 Å². The summed E-state index contributed by atoms with van der Waals surface area (Å²) in [6.45, 7) is 0. The lowest BCUT2D eigenvalue weighted by Crippen LogP contribution is -2.03. The Hall–Kier alpha value is -3.89. The number of para-hydroxylation sites is 1. The van der Waals surface area contributed by atoms with E-state index in [1.807, 2.05) is 60.7 Å². The number of nitrogens with two attached hydrogens (primary N) is 1. The van der Waals surface area contributed by atoms with Gasteiger partial charge in [0.05, 0.1) is 15.7 Å². The van der Waals surface area contributed by atoms with Crippen LogP contribution in [0.3, 0.4) is 0 Å². The molecule has 5 rings (SSSR count). The third kappa shape index (κ3) is 2.64. The van der Waals surface area contributed by atoms with Gasteiger partial charge in [-0.05, 0) is 30.3 Å². The number of benzene rings is 2. The molecule has 0 unspecified atom stereocenters. The van der Waals surface area contributed by atoms with Gasteiger partial charge in [-0.25, -0.2) is 15.0 Å². The summed E-state index contributed by atoms with van der Waals surface area (Å²) in [6, 6.07) is 19.6. The molecular formula is C21H12N6S. The van der Waals surface area contributed by atoms with Gasteiger partial charge in [0.25, 0.3) is 0 Å². The highest BCUT2D eigenvalue weighted by Crippen LogP contribution is 2.36. The Morgan fingerprint density at radius 3 is 2.64 bits per heavy atom. The first kappa shape index (κ1) is 16.3. The minimum atomic E-state index is 0.1000. The van der Waals surface area contributed by atoms with Crippen LogP contribution in [-0.2, 0) is 0 Å². The summed E-state index contributed by atoms with van der Waals surface area (Å²) in [4.78, 5) is 18.1. The normalized spacial score (nSPS) is 11.0. The average molecular weight is 380 g/mol. The van der Waals surface area contributed by atoms with Crippen molar-refractivity contribution < 1.29 is 0 Å². The van der Waals surface area contributed by atoms with Crippen LogP contribution in [-0.4, -0.2) is 19.9 Å². The number of fused-ring (bicyclic) bond motifs is 2. The van der Waals surface area contributed by atoms with Crippen LogP contribution in [0.2, 0.25) is 0 Å². The second kappa shape index (κ2) is 6.37. The van der Waals surface area contributed by atoms with Gasteiger partial charge < -0.3 is 5.73 Å². The SMILES string of the molecule is N#Cc1nc(-c2ccc3ncccc3c2)c(-c2nc3ccccc3s2)nc1N. The average Bonchev–Trinajstić information content (AvgIpc) is 3.17. The standard InChI is InChI=1S/C21H12N6S/c22-11-16-20(23)27-19(21-26-15-5-1-2-6-17(15)28-21)18(25-16)13-7-8-14-12(10-13)4-3-9-24-14/h1-10H,(H2,23,27). The Labute approximate surface area is 164 Å². The highest BCUT2D eigenvalue weighted by atomic mass is 32.1. The fourth-order valence-electron chi connectivity index (χ4n) is 3.08. The fourth-order valence-corrected chi connectivity index (χ4v) is 4.03. The van der Waals surface area contributed by atoms with Crippen LogP contribution < -0.4 is 5.73 Å². The van der Waals surface area contributed by atoms with Crippen molar-refractivity contribution in [2.24, 2.45) is 0 Å². The van der Waals surface area contributed by atoms with Crippen molar-refractivity contribution in [1.82, 2.24) is 19.9 Å². The predicted octanol–water partition coefficient (Wildman–Crippen LogP) is 4.42. The van der Waals surface area contributed by atoms with E-state index in [1.165, 1.54) is 11.3 Å². The molecule has 5 aromatic rings. The molecule has 132 valence electrons. The number of hydrogen-bond donors (Lipinski definition) is 1. The number of anilines is 1. The van der Waals surface area contributed by atoms with E-state index in [0.29, 0.717) is 16.4 Å². The Kier molecular flexibility index (Phi) is 3.71. The largest absolute Gasteiger partial charge is 0.381 e. The van der Waals surface area contributed by atoms with Crippen molar-refractivity contribution in [3.8, 4) is 28.0 Å². The molecule has 0 radical (unpaired) electrons. The van der Waals surface area contributed by atoms with Crippen molar-refractivity contribution >= 4 is 38.3 Å². The first-order valence-corrected chi connectivity index (χ1v) is 9.33. The highest BCUT2D eigenvalue weighted by Gasteiger charge is 2.19. The molecule has 7 heteroatoms. The lowest BCUT2D eigenvalue weighted by atomic mass is 10.1. The van der Waals surface area contributed by atoms with Gasteiger partial charge in [0.2, 0.25) is 0 Å².